The molecule has 0 amide bonds. The second-order valence-electron chi connectivity index (χ2n) is 21.5. The van der Waals surface area contributed by atoms with Gasteiger partial charge in [-0.15, -0.1) is 32.1 Å². The minimum Gasteiger partial charge on any atom is -1.00 e. The zero-order valence-electron chi connectivity index (χ0n) is 51.5. The molecule has 10 rings (SSSR count). The van der Waals surface area contributed by atoms with E-state index < -0.39 is 0 Å². The average molecular weight is 1280 g/mol. The van der Waals surface area contributed by atoms with Crippen LogP contribution in [0.5, 0.6) is 11.5 Å². The normalized spacial score (nSPS) is 13.6. The van der Waals surface area contributed by atoms with Crippen LogP contribution in [0.3, 0.4) is 0 Å². The van der Waals surface area contributed by atoms with Crippen molar-refractivity contribution in [2.75, 3.05) is 65.6 Å². The molecule has 0 radical (unpaired) electrons. The molecule has 468 valence electrons. The number of nitrogens with one attached hydrogen (secondary N) is 2. The van der Waals surface area contributed by atoms with Gasteiger partial charge in [0.15, 0.2) is 12.4 Å². The third-order valence-corrected chi connectivity index (χ3v) is 15.4. The summed E-state index contributed by atoms with van der Waals surface area (Å²) >= 11 is 5.86. The number of halogens is 4. The summed E-state index contributed by atoms with van der Waals surface area (Å²) in [4.78, 5) is 8.86. The van der Waals surface area contributed by atoms with Gasteiger partial charge in [-0.3, -0.25) is 4.98 Å². The number of pyridine rings is 2. The van der Waals surface area contributed by atoms with E-state index >= 15 is 0 Å². The molecular weight excluding hydrogens is 1190 g/mol. The predicted molar refractivity (Wildman–Crippen MR) is 337 cm³/mol. The molecule has 0 aliphatic carbocycles. The van der Waals surface area contributed by atoms with E-state index in [4.69, 9.17) is 11.6 Å². The summed E-state index contributed by atoms with van der Waals surface area (Å²) in [6, 6.07) is 31.3. The van der Waals surface area contributed by atoms with Crippen molar-refractivity contribution in [1.29, 1.82) is 0 Å². The fourth-order valence-electron chi connectivity index (χ4n) is 10.2. The maximum absolute atomic E-state index is 10.4. The van der Waals surface area contributed by atoms with Crippen LogP contribution in [0.15, 0.2) is 188 Å². The first-order valence-electron chi connectivity index (χ1n) is 29.3. The number of phenolic OH excluding ortho intramolecular Hbond substituents is 2. The number of imidazole rings is 2. The first kappa shape index (κ1) is 70.7. The topological polar surface area (TPSA) is 204 Å². The van der Waals surface area contributed by atoms with Crippen LogP contribution in [0.25, 0.3) is 0 Å². The second kappa shape index (κ2) is 35.7. The Labute approximate surface area is 541 Å². The van der Waals surface area contributed by atoms with Crippen LogP contribution in [0, 0.1) is 25.7 Å². The van der Waals surface area contributed by atoms with E-state index in [1.807, 2.05) is 148 Å². The molecule has 2 fully saturated rings. The van der Waals surface area contributed by atoms with Crippen molar-refractivity contribution < 1.29 is 61.1 Å². The lowest BCUT2D eigenvalue weighted by molar-refractivity contribution is -0.697. The number of benzene rings is 4. The number of alkyl halides is 1. The molecule has 0 unspecified atom stereocenters. The highest BCUT2D eigenvalue weighted by Gasteiger charge is 2.22. The molecule has 2 saturated heterocycles. The lowest BCUT2D eigenvalue weighted by Crippen LogP contribution is -3.00. The molecular formula is C64H82Cl4N18O2. The molecule has 0 bridgehead atoms. The fraction of sp³-hybridized carbons (Fsp3) is 0.375. The first-order valence-corrected chi connectivity index (χ1v) is 29.8. The fourth-order valence-corrected chi connectivity index (χ4v) is 10.5. The van der Waals surface area contributed by atoms with E-state index in [-0.39, 0.29) is 48.7 Å². The minimum absolute atomic E-state index is 0. The van der Waals surface area contributed by atoms with E-state index in [0.717, 1.165) is 122 Å². The minimum atomic E-state index is 0. The van der Waals surface area contributed by atoms with Gasteiger partial charge in [0.2, 0.25) is 0 Å². The van der Waals surface area contributed by atoms with Crippen LogP contribution < -0.4 is 71.4 Å². The van der Waals surface area contributed by atoms with Crippen LogP contribution in [0.4, 0.5) is 68.8 Å². The molecule has 88 heavy (non-hydrogen) atoms. The Morgan fingerprint density at radius 3 is 1.42 bits per heavy atom. The van der Waals surface area contributed by atoms with E-state index in [1.165, 1.54) is 37.1 Å². The molecule has 0 atom stereocenters. The van der Waals surface area contributed by atoms with Crippen molar-refractivity contribution in [3.63, 3.8) is 0 Å². The van der Waals surface area contributed by atoms with Crippen molar-refractivity contribution in [3.8, 4) is 11.5 Å². The zero-order chi connectivity index (χ0) is 60.1. The van der Waals surface area contributed by atoms with Gasteiger partial charge in [-0.2, -0.15) is 0 Å². The standard InChI is InChI=1S/C32H40N9O.C18H25ClN5.C14H16N4O.3ClH/c1-5-33-29-22-31(42)30(21-24(29)2)36-35-27-7-6-15-40(23-27)16-12-25-13-17-41(18-14-25)28-10-8-26(9-11-28)34-37-32-38(3)19-20-39(32)4;1-22-13-14-23(2)18(22)21-20-16-3-5-17(6-4-16)24-11-8-15(7-10-19)9-12-24;1-3-16-12-8-14(19)13(7-10(12)2)18-17-11-5-4-6-15-9-11;;;/h6-11,15,19-23,25H,5,12-14,16-18H2,1-4H3,(H-,33,35,42);3-6,13-15H,7-12H2,1-2H3;4-9,16,19H,3H2,1-2H3;3*1H/q2*+1;;;;/p-2. The Bertz CT molecular complexity index is 3490. The van der Waals surface area contributed by atoms with Gasteiger partial charge < -0.3 is 67.9 Å². The van der Waals surface area contributed by atoms with Gasteiger partial charge in [0.1, 0.15) is 52.2 Å². The van der Waals surface area contributed by atoms with Gasteiger partial charge in [0, 0.05) is 109 Å². The third kappa shape index (κ3) is 20.5. The molecule has 0 spiro atoms. The highest BCUT2D eigenvalue weighted by Crippen LogP contribution is 2.36. The molecule has 20 nitrogen and oxygen atoms in total. The number of anilines is 4. The van der Waals surface area contributed by atoms with E-state index in [0.29, 0.717) is 23.0 Å². The summed E-state index contributed by atoms with van der Waals surface area (Å²) in [5.74, 6) is 4.11. The van der Waals surface area contributed by atoms with Crippen LogP contribution >= 0.6 is 11.6 Å². The van der Waals surface area contributed by atoms with Crippen LogP contribution in [-0.4, -0.2) is 69.5 Å². The summed E-state index contributed by atoms with van der Waals surface area (Å²) < 4.78 is 9.97. The summed E-state index contributed by atoms with van der Waals surface area (Å²) in [5.41, 5.74) is 10.4. The molecule has 24 heteroatoms. The van der Waals surface area contributed by atoms with Gasteiger partial charge in [-0.1, -0.05) is 10.2 Å². The number of nitrogens with zero attached hydrogens (tertiary/aromatic N) is 16. The maximum Gasteiger partial charge on any atom is 0.421 e. The first-order chi connectivity index (χ1) is 41.3. The van der Waals surface area contributed by atoms with Gasteiger partial charge in [0.25, 0.3) is 0 Å². The highest BCUT2D eigenvalue weighted by molar-refractivity contribution is 6.17. The van der Waals surface area contributed by atoms with Crippen LogP contribution in [0.2, 0.25) is 0 Å². The van der Waals surface area contributed by atoms with Crippen molar-refractivity contribution >= 4 is 80.4 Å². The van der Waals surface area contributed by atoms with E-state index in [1.54, 1.807) is 42.7 Å². The lowest BCUT2D eigenvalue weighted by atomic mass is 9.93. The number of azo groups is 4. The summed E-state index contributed by atoms with van der Waals surface area (Å²) in [7, 11) is 7.85. The number of rotatable bonds is 19. The summed E-state index contributed by atoms with van der Waals surface area (Å²) in [6.07, 6.45) is 22.3. The number of aromatic nitrogens is 6. The summed E-state index contributed by atoms with van der Waals surface area (Å²) in [6.45, 7) is 14.9. The molecule has 2 aliphatic heterocycles. The van der Waals surface area contributed by atoms with Crippen molar-refractivity contribution in [3.05, 3.63) is 158 Å². The largest absolute Gasteiger partial charge is 1.00 e. The number of phenols is 2. The quantitative estimate of drug-likeness (QED) is 0.0446. The molecule has 4 aromatic heterocycles. The number of hydrogen-bond acceptors (Lipinski definition) is 15. The molecule has 2 aliphatic rings. The molecule has 4 aromatic carbocycles. The van der Waals surface area contributed by atoms with Crippen LogP contribution in [-0.2, 0) is 34.7 Å². The second-order valence-corrected chi connectivity index (χ2v) is 21.9. The Hall–Kier alpha value is -8.04. The van der Waals surface area contributed by atoms with Gasteiger partial charge >= 0.3 is 11.9 Å². The number of hydrogen-bond donors (Lipinski definition) is 4. The zero-order valence-corrected chi connectivity index (χ0v) is 54.5. The van der Waals surface area contributed by atoms with Crippen LogP contribution in [0.1, 0.15) is 63.5 Å². The van der Waals surface area contributed by atoms with E-state index in [9.17, 15) is 10.2 Å². The molecule has 0 saturated carbocycles. The predicted octanol–water partition coefficient (Wildman–Crippen LogP) is 5.79. The van der Waals surface area contributed by atoms with Gasteiger partial charge in [-0.05, 0) is 162 Å². The Morgan fingerprint density at radius 1 is 0.557 bits per heavy atom. The smallest absolute Gasteiger partial charge is 0.421 e. The maximum atomic E-state index is 10.4. The molecule has 4 N–H and O–H groups in total. The van der Waals surface area contributed by atoms with Crippen molar-refractivity contribution in [2.24, 2.45) is 80.9 Å². The number of aryl methyl sites for hydroxylation is 7. The van der Waals surface area contributed by atoms with Crippen molar-refractivity contribution in [1.82, 2.24) is 14.1 Å². The van der Waals surface area contributed by atoms with Gasteiger partial charge in [0.05, 0.1) is 59.2 Å². The lowest BCUT2D eigenvalue weighted by Gasteiger charge is -2.33. The molecule has 8 aromatic rings. The average Bonchev–Trinajstić information content (AvgIpc) is 3.94. The number of aromatic hydroxyl groups is 2. The van der Waals surface area contributed by atoms with Crippen molar-refractivity contribution in [2.45, 2.75) is 72.8 Å². The highest BCUT2D eigenvalue weighted by atomic mass is 35.5. The SMILES string of the molecule is CCNc1cc(O)c(N=Nc2ccc[n+](CCC3CCN(c4ccc(N=Nc5n(C)cc[n+]5C)cc4)CC3)c2)cc1C.CCNc1cc(O)c(N=Nc2cccnc2)cc1C.Cn1cc[n+](C)c1N=Nc1ccc(N2CCC(CCCl)CC2)cc1.[Cl-].[Cl-].[Cl-]. The Morgan fingerprint density at radius 2 is 1.00 bits per heavy atom. The Balaban J connectivity index is 0.000000260. The van der Waals surface area contributed by atoms with E-state index in [2.05, 4.69) is 101 Å². The number of piperidine rings is 2. The Kier molecular flexibility index (Phi) is 28.7. The monoisotopic (exact) mass is 1270 g/mol. The third-order valence-electron chi connectivity index (χ3n) is 15.2. The molecule has 6 heterocycles. The van der Waals surface area contributed by atoms with Gasteiger partial charge in [-0.25, -0.2) is 22.8 Å². The summed E-state index contributed by atoms with van der Waals surface area (Å²) in [5, 5.41) is 61.0.